The van der Waals surface area contributed by atoms with E-state index in [1.54, 1.807) is 6.07 Å². The van der Waals surface area contributed by atoms with Crippen LogP contribution in [0.25, 0.3) is 0 Å². The molecule has 2 aromatic rings. The van der Waals surface area contributed by atoms with Gasteiger partial charge in [0.25, 0.3) is 5.91 Å². The second-order valence-corrected chi connectivity index (χ2v) is 8.32. The minimum atomic E-state index is -0.299. The maximum Gasteiger partial charge on any atom is 0.257 e. The monoisotopic (exact) mass is 413 g/mol. The summed E-state index contributed by atoms with van der Waals surface area (Å²) in [7, 11) is 1.89. The Labute approximate surface area is 179 Å². The molecule has 7 heteroatoms. The number of likely N-dealkylation sites (tertiary alicyclic amines) is 1. The first-order valence-corrected chi connectivity index (χ1v) is 11.0. The first-order valence-electron chi connectivity index (χ1n) is 11.0. The Morgan fingerprint density at radius 3 is 2.60 bits per heavy atom. The van der Waals surface area contributed by atoms with Gasteiger partial charge in [0, 0.05) is 54.9 Å². The van der Waals surface area contributed by atoms with Crippen molar-refractivity contribution in [2.24, 2.45) is 7.05 Å². The average molecular weight is 414 g/mol. The fourth-order valence-corrected chi connectivity index (χ4v) is 4.75. The molecule has 1 aliphatic heterocycles. The normalized spacial score (nSPS) is 16.9. The van der Waals surface area contributed by atoms with Crippen molar-refractivity contribution in [1.29, 1.82) is 0 Å². The van der Waals surface area contributed by atoms with Crippen LogP contribution in [-0.4, -0.2) is 44.3 Å². The van der Waals surface area contributed by atoms with Gasteiger partial charge in [-0.15, -0.1) is 0 Å². The maximum atomic E-state index is 13.1. The number of rotatable bonds is 7. The lowest BCUT2D eigenvalue weighted by Crippen LogP contribution is -2.37. The van der Waals surface area contributed by atoms with Crippen molar-refractivity contribution in [2.45, 2.75) is 73.0 Å². The molecule has 0 bridgehead atoms. The van der Waals surface area contributed by atoms with Crippen molar-refractivity contribution in [2.75, 3.05) is 13.1 Å². The minimum Gasteiger partial charge on any atom is -0.348 e. The number of hydrogen-bond donors (Lipinski definition) is 1. The maximum absolute atomic E-state index is 13.1. The molecular formula is C23H35N5O2. The standard InChI is InChI=1S/C23H35N5O2/c1-7-20-22(23(30)24-13-19-16(4)25-26(6)17(19)5)21(29)12-15(3)28(20)14-18-10-9-11-27(18)8-2/h12,18H,7-11,13-14H2,1-6H3,(H,24,30)/t18-/m1/s1. The van der Waals surface area contributed by atoms with Gasteiger partial charge in [0.15, 0.2) is 5.43 Å². The van der Waals surface area contributed by atoms with Gasteiger partial charge in [-0.2, -0.15) is 5.10 Å². The zero-order chi connectivity index (χ0) is 22.0. The third-order valence-electron chi connectivity index (χ3n) is 6.57. The molecule has 7 nitrogen and oxygen atoms in total. The Bertz CT molecular complexity index is 988. The number of hydrogen-bond acceptors (Lipinski definition) is 4. The van der Waals surface area contributed by atoms with Crippen molar-refractivity contribution >= 4 is 5.91 Å². The largest absolute Gasteiger partial charge is 0.348 e. The second kappa shape index (κ2) is 9.16. The lowest BCUT2D eigenvalue weighted by Gasteiger charge is -2.27. The predicted molar refractivity (Wildman–Crippen MR) is 119 cm³/mol. The fourth-order valence-electron chi connectivity index (χ4n) is 4.75. The van der Waals surface area contributed by atoms with Crippen LogP contribution >= 0.6 is 0 Å². The molecule has 1 fully saturated rings. The van der Waals surface area contributed by atoms with Gasteiger partial charge in [-0.1, -0.05) is 13.8 Å². The van der Waals surface area contributed by atoms with Crippen LogP contribution in [0, 0.1) is 20.8 Å². The molecule has 1 aliphatic rings. The first kappa shape index (κ1) is 22.3. The van der Waals surface area contributed by atoms with Crippen LogP contribution in [0.1, 0.15) is 65.4 Å². The summed E-state index contributed by atoms with van der Waals surface area (Å²) < 4.78 is 4.00. The Morgan fingerprint density at radius 2 is 2.00 bits per heavy atom. The number of aromatic nitrogens is 3. The molecule has 0 radical (unpaired) electrons. The highest BCUT2D eigenvalue weighted by Gasteiger charge is 2.26. The SMILES string of the molecule is CCc1c(C(=O)NCc2c(C)nn(C)c2C)c(=O)cc(C)n1C[C@H]1CCCN1CC. The second-order valence-electron chi connectivity index (χ2n) is 8.32. The van der Waals surface area contributed by atoms with E-state index in [4.69, 9.17) is 0 Å². The van der Waals surface area contributed by atoms with Crippen LogP contribution in [-0.2, 0) is 26.6 Å². The summed E-state index contributed by atoms with van der Waals surface area (Å²) >= 11 is 0. The summed E-state index contributed by atoms with van der Waals surface area (Å²) in [6.45, 7) is 13.4. The highest BCUT2D eigenvalue weighted by molar-refractivity contribution is 5.95. The Hall–Kier alpha value is -2.41. The number of aryl methyl sites for hydroxylation is 3. The molecule has 164 valence electrons. The van der Waals surface area contributed by atoms with Crippen molar-refractivity contribution in [3.05, 3.63) is 50.2 Å². The van der Waals surface area contributed by atoms with E-state index < -0.39 is 0 Å². The average Bonchev–Trinajstić information content (AvgIpc) is 3.25. The molecule has 3 heterocycles. The van der Waals surface area contributed by atoms with E-state index in [1.165, 1.54) is 6.42 Å². The molecule has 1 saturated heterocycles. The van der Waals surface area contributed by atoms with Gasteiger partial charge in [-0.25, -0.2) is 0 Å². The summed E-state index contributed by atoms with van der Waals surface area (Å²) in [6, 6.07) is 2.07. The van der Waals surface area contributed by atoms with E-state index in [-0.39, 0.29) is 16.9 Å². The van der Waals surface area contributed by atoms with Gasteiger partial charge in [-0.05, 0) is 53.1 Å². The van der Waals surface area contributed by atoms with Crippen LogP contribution in [0.4, 0.5) is 0 Å². The van der Waals surface area contributed by atoms with Crippen LogP contribution in [0.15, 0.2) is 10.9 Å². The van der Waals surface area contributed by atoms with E-state index in [9.17, 15) is 9.59 Å². The molecule has 30 heavy (non-hydrogen) atoms. The van der Waals surface area contributed by atoms with Gasteiger partial charge in [0.2, 0.25) is 0 Å². The van der Waals surface area contributed by atoms with Crippen molar-refractivity contribution in [3.8, 4) is 0 Å². The van der Waals surface area contributed by atoms with Crippen molar-refractivity contribution in [1.82, 2.24) is 24.6 Å². The Morgan fingerprint density at radius 1 is 1.27 bits per heavy atom. The molecule has 2 aromatic heterocycles. The number of carbonyl (C=O) groups excluding carboxylic acids is 1. The first-order chi connectivity index (χ1) is 14.3. The van der Waals surface area contributed by atoms with Crippen molar-refractivity contribution in [3.63, 3.8) is 0 Å². The molecule has 0 saturated carbocycles. The predicted octanol–water partition coefficient (Wildman–Crippen LogP) is 2.48. The summed E-state index contributed by atoms with van der Waals surface area (Å²) in [5.41, 5.74) is 4.76. The number of pyridine rings is 1. The van der Waals surface area contributed by atoms with Crippen LogP contribution in [0.3, 0.4) is 0 Å². The van der Waals surface area contributed by atoms with Crippen LogP contribution in [0.2, 0.25) is 0 Å². The molecule has 1 atom stereocenters. The van der Waals surface area contributed by atoms with E-state index in [2.05, 4.69) is 26.8 Å². The zero-order valence-electron chi connectivity index (χ0n) is 19.2. The Balaban J connectivity index is 1.90. The smallest absolute Gasteiger partial charge is 0.257 e. The lowest BCUT2D eigenvalue weighted by atomic mass is 10.1. The molecule has 0 aliphatic carbocycles. The summed E-state index contributed by atoms with van der Waals surface area (Å²) in [5.74, 6) is -0.299. The molecule has 3 rings (SSSR count). The number of amides is 1. The van der Waals surface area contributed by atoms with Crippen LogP contribution < -0.4 is 10.7 Å². The summed E-state index contributed by atoms with van der Waals surface area (Å²) in [4.78, 5) is 28.4. The number of nitrogens with one attached hydrogen (secondary N) is 1. The third kappa shape index (κ3) is 4.21. The van der Waals surface area contributed by atoms with E-state index in [1.807, 2.05) is 39.4 Å². The molecular weight excluding hydrogens is 378 g/mol. The van der Waals surface area contributed by atoms with E-state index in [0.717, 1.165) is 54.4 Å². The number of likely N-dealkylation sites (N-methyl/N-ethyl adjacent to an activating group) is 1. The number of carbonyl (C=O) groups is 1. The molecule has 0 aromatic carbocycles. The van der Waals surface area contributed by atoms with Crippen molar-refractivity contribution < 1.29 is 4.79 Å². The minimum absolute atomic E-state index is 0.198. The highest BCUT2D eigenvalue weighted by Crippen LogP contribution is 2.21. The Kier molecular flexibility index (Phi) is 6.81. The fraction of sp³-hybridized carbons (Fsp3) is 0.609. The van der Waals surface area contributed by atoms with Gasteiger partial charge in [-0.3, -0.25) is 19.2 Å². The summed E-state index contributed by atoms with van der Waals surface area (Å²) in [6.07, 6.45) is 3.00. The van der Waals surface area contributed by atoms with Gasteiger partial charge in [0.1, 0.15) is 5.56 Å². The van der Waals surface area contributed by atoms with E-state index >= 15 is 0 Å². The quantitative estimate of drug-likeness (QED) is 0.757. The topological polar surface area (TPSA) is 72.2 Å². The van der Waals surface area contributed by atoms with E-state index in [0.29, 0.717) is 19.0 Å². The van der Waals surface area contributed by atoms with Gasteiger partial charge < -0.3 is 9.88 Å². The third-order valence-corrected chi connectivity index (χ3v) is 6.57. The summed E-state index contributed by atoms with van der Waals surface area (Å²) in [5, 5.41) is 7.38. The molecule has 1 amide bonds. The van der Waals surface area contributed by atoms with Crippen LogP contribution in [0.5, 0.6) is 0 Å². The zero-order valence-corrected chi connectivity index (χ0v) is 19.2. The number of nitrogens with zero attached hydrogens (tertiary/aromatic N) is 4. The lowest BCUT2D eigenvalue weighted by molar-refractivity contribution is 0.0947. The highest BCUT2D eigenvalue weighted by atomic mass is 16.2. The van der Waals surface area contributed by atoms with Gasteiger partial charge in [0.05, 0.1) is 5.69 Å². The van der Waals surface area contributed by atoms with Gasteiger partial charge >= 0.3 is 0 Å². The molecule has 1 N–H and O–H groups in total. The molecule has 0 spiro atoms. The molecule has 0 unspecified atom stereocenters.